The maximum absolute atomic E-state index is 14.1. The van der Waals surface area contributed by atoms with Crippen LogP contribution in [-0.4, -0.2) is 17.5 Å². The Bertz CT molecular complexity index is 1500. The van der Waals surface area contributed by atoms with Gasteiger partial charge in [-0.2, -0.15) is 0 Å². The molecule has 0 bridgehead atoms. The fourth-order valence-electron chi connectivity index (χ4n) is 5.03. The van der Waals surface area contributed by atoms with Crippen molar-refractivity contribution >= 4 is 15.6 Å². The Kier molecular flexibility index (Phi) is 6.84. The summed E-state index contributed by atoms with van der Waals surface area (Å²) in [5, 5.41) is 10.1. The number of allylic oxidation sites excluding steroid dienone is 2. The average Bonchev–Trinajstić information content (AvgIpc) is 3.05. The van der Waals surface area contributed by atoms with E-state index < -0.39 is 10.0 Å². The fourth-order valence-corrected chi connectivity index (χ4v) is 6.42. The van der Waals surface area contributed by atoms with Gasteiger partial charge >= 0.3 is 0 Å². The zero-order chi connectivity index (χ0) is 25.1. The Balaban J connectivity index is 1.79. The second-order valence-corrected chi connectivity index (χ2v) is 11.3. The number of rotatable bonds is 6. The van der Waals surface area contributed by atoms with E-state index in [9.17, 15) is 13.5 Å². The third-order valence-corrected chi connectivity index (χ3v) is 8.59. The van der Waals surface area contributed by atoms with Crippen LogP contribution < -0.4 is 0 Å². The first kappa shape index (κ1) is 24.1. The van der Waals surface area contributed by atoms with Crippen molar-refractivity contribution in [3.8, 4) is 16.9 Å². The summed E-state index contributed by atoms with van der Waals surface area (Å²) in [6.45, 7) is 1.95. The number of aromatic hydroxyl groups is 1. The van der Waals surface area contributed by atoms with Gasteiger partial charge in [-0.05, 0) is 73.6 Å². The lowest BCUT2D eigenvalue weighted by molar-refractivity contribution is 0.474. The van der Waals surface area contributed by atoms with Crippen LogP contribution in [0.15, 0.2) is 96.0 Å². The number of aromatic nitrogens is 1. The highest BCUT2D eigenvalue weighted by Gasteiger charge is 2.28. The summed E-state index contributed by atoms with van der Waals surface area (Å²) in [6.07, 6.45) is 9.79. The molecule has 1 aliphatic carbocycles. The molecule has 5 rings (SSSR count). The highest BCUT2D eigenvalue weighted by atomic mass is 32.2. The lowest BCUT2D eigenvalue weighted by atomic mass is 9.92. The third-order valence-electron chi connectivity index (χ3n) is 6.88. The van der Waals surface area contributed by atoms with Crippen molar-refractivity contribution in [3.05, 3.63) is 114 Å². The van der Waals surface area contributed by atoms with Crippen LogP contribution in [0.1, 0.15) is 54.5 Å². The normalized spacial score (nSPS) is 14.3. The summed E-state index contributed by atoms with van der Waals surface area (Å²) < 4.78 is 29.6. The smallest absolute Gasteiger partial charge is 0.267 e. The SMILES string of the molecule is Cc1ccc(S(=O)(=O)n2cc(-c3ccccc3)c(C3=CCCCCC3)c2Cc2cccc(O)c2)cc1. The van der Waals surface area contributed by atoms with E-state index in [4.69, 9.17) is 0 Å². The maximum Gasteiger partial charge on any atom is 0.267 e. The summed E-state index contributed by atoms with van der Waals surface area (Å²) in [5.74, 6) is 0.172. The number of phenolic OH excluding ortho intramolecular Hbond substituents is 1. The zero-order valence-corrected chi connectivity index (χ0v) is 21.3. The Hall–Kier alpha value is -3.57. The summed E-state index contributed by atoms with van der Waals surface area (Å²) >= 11 is 0. The predicted molar refractivity (Wildman–Crippen MR) is 146 cm³/mol. The van der Waals surface area contributed by atoms with Gasteiger partial charge in [0.05, 0.1) is 4.90 Å². The molecule has 0 radical (unpaired) electrons. The van der Waals surface area contributed by atoms with Gasteiger partial charge in [0.1, 0.15) is 5.75 Å². The monoisotopic (exact) mass is 497 g/mol. The molecule has 5 heteroatoms. The van der Waals surface area contributed by atoms with Gasteiger partial charge in [-0.25, -0.2) is 12.4 Å². The number of hydrogen-bond donors (Lipinski definition) is 1. The van der Waals surface area contributed by atoms with Crippen LogP contribution in [0.25, 0.3) is 16.7 Å². The van der Waals surface area contributed by atoms with Gasteiger partial charge in [0.2, 0.25) is 0 Å². The Morgan fingerprint density at radius 1 is 0.889 bits per heavy atom. The van der Waals surface area contributed by atoms with Crippen molar-refractivity contribution in [3.63, 3.8) is 0 Å². The van der Waals surface area contributed by atoms with E-state index in [0.29, 0.717) is 6.42 Å². The van der Waals surface area contributed by atoms with Gasteiger partial charge in [-0.15, -0.1) is 0 Å². The maximum atomic E-state index is 14.1. The largest absolute Gasteiger partial charge is 0.508 e. The van der Waals surface area contributed by atoms with E-state index in [2.05, 4.69) is 6.08 Å². The molecule has 0 saturated heterocycles. The molecule has 1 heterocycles. The van der Waals surface area contributed by atoms with Gasteiger partial charge in [0.25, 0.3) is 10.0 Å². The predicted octanol–water partition coefficient (Wildman–Crippen LogP) is 7.34. The number of phenols is 1. The van der Waals surface area contributed by atoms with Crippen molar-refractivity contribution in [2.75, 3.05) is 0 Å². The van der Waals surface area contributed by atoms with Crippen LogP contribution >= 0.6 is 0 Å². The lowest BCUT2D eigenvalue weighted by Gasteiger charge is -2.15. The average molecular weight is 498 g/mol. The van der Waals surface area contributed by atoms with Gasteiger partial charge in [-0.1, -0.05) is 72.7 Å². The second kappa shape index (κ2) is 10.2. The van der Waals surface area contributed by atoms with Crippen LogP contribution in [0, 0.1) is 6.92 Å². The number of aryl methyl sites for hydroxylation is 1. The first-order valence-electron chi connectivity index (χ1n) is 12.5. The van der Waals surface area contributed by atoms with Gasteiger partial charge in [-0.3, -0.25) is 0 Å². The van der Waals surface area contributed by atoms with Crippen LogP contribution in [0.5, 0.6) is 5.75 Å². The molecule has 1 N–H and O–H groups in total. The molecule has 1 aliphatic rings. The summed E-state index contributed by atoms with van der Waals surface area (Å²) in [6, 6.07) is 24.1. The lowest BCUT2D eigenvalue weighted by Crippen LogP contribution is -2.16. The van der Waals surface area contributed by atoms with Crippen molar-refractivity contribution in [1.29, 1.82) is 0 Å². The molecule has 3 aromatic carbocycles. The van der Waals surface area contributed by atoms with E-state index >= 15 is 0 Å². The summed E-state index contributed by atoms with van der Waals surface area (Å²) in [5.41, 5.74) is 6.73. The minimum atomic E-state index is -3.85. The highest BCUT2D eigenvalue weighted by Crippen LogP contribution is 2.40. The summed E-state index contributed by atoms with van der Waals surface area (Å²) in [4.78, 5) is 0.265. The second-order valence-electron chi connectivity index (χ2n) is 9.52. The van der Waals surface area contributed by atoms with Crippen LogP contribution in [0.3, 0.4) is 0 Å². The fraction of sp³-hybridized carbons (Fsp3) is 0.226. The van der Waals surface area contributed by atoms with Crippen molar-refractivity contribution in [2.45, 2.75) is 50.3 Å². The van der Waals surface area contributed by atoms with Crippen LogP contribution in [0.2, 0.25) is 0 Å². The molecule has 0 spiro atoms. The minimum absolute atomic E-state index is 0.172. The van der Waals surface area contributed by atoms with E-state index in [-0.39, 0.29) is 10.6 Å². The molecule has 0 amide bonds. The van der Waals surface area contributed by atoms with Crippen molar-refractivity contribution in [2.24, 2.45) is 0 Å². The molecule has 184 valence electrons. The Labute approximate surface area is 213 Å². The molecular weight excluding hydrogens is 466 g/mol. The highest BCUT2D eigenvalue weighted by molar-refractivity contribution is 7.90. The van der Waals surface area contributed by atoms with Gasteiger partial charge in [0.15, 0.2) is 0 Å². The first-order valence-corrected chi connectivity index (χ1v) is 14.0. The van der Waals surface area contributed by atoms with Crippen molar-refractivity contribution < 1.29 is 13.5 Å². The van der Waals surface area contributed by atoms with E-state index in [1.807, 2.05) is 55.5 Å². The molecule has 4 nitrogen and oxygen atoms in total. The first-order chi connectivity index (χ1) is 17.4. The molecule has 0 atom stereocenters. The number of hydrogen-bond acceptors (Lipinski definition) is 3. The van der Waals surface area contributed by atoms with Gasteiger partial charge in [0, 0.05) is 29.4 Å². The Morgan fingerprint density at radius 3 is 2.42 bits per heavy atom. The standard InChI is InChI=1S/C31H31NO3S/c1-23-16-18-28(19-17-23)36(34,35)32-22-29(25-11-7-4-8-12-25)31(26-13-5-2-3-6-14-26)30(32)21-24-10-9-15-27(33)20-24/h4,7-13,15-20,22,33H,2-3,5-6,14,21H2,1H3. The molecule has 0 saturated carbocycles. The number of nitrogens with zero attached hydrogens (tertiary/aromatic N) is 1. The molecule has 0 fully saturated rings. The Morgan fingerprint density at radius 2 is 1.67 bits per heavy atom. The van der Waals surface area contributed by atoms with Crippen LogP contribution in [-0.2, 0) is 16.4 Å². The van der Waals surface area contributed by atoms with Gasteiger partial charge < -0.3 is 5.11 Å². The molecule has 4 aromatic rings. The van der Waals surface area contributed by atoms with E-state index in [0.717, 1.165) is 59.2 Å². The molecule has 0 unspecified atom stereocenters. The molecular formula is C31H31NO3S. The third kappa shape index (κ3) is 4.89. The van der Waals surface area contributed by atoms with E-state index in [1.165, 1.54) is 16.0 Å². The van der Waals surface area contributed by atoms with Crippen molar-refractivity contribution in [1.82, 2.24) is 3.97 Å². The molecule has 0 aliphatic heterocycles. The molecule has 1 aromatic heterocycles. The van der Waals surface area contributed by atoms with Crippen LogP contribution in [0.4, 0.5) is 0 Å². The quantitative estimate of drug-likeness (QED) is 0.303. The minimum Gasteiger partial charge on any atom is -0.508 e. The van der Waals surface area contributed by atoms with E-state index in [1.54, 1.807) is 36.5 Å². The molecule has 36 heavy (non-hydrogen) atoms. The summed E-state index contributed by atoms with van der Waals surface area (Å²) in [7, 11) is -3.85. The zero-order valence-electron chi connectivity index (χ0n) is 20.5. The topological polar surface area (TPSA) is 59.3 Å². The number of benzene rings is 3.